The summed E-state index contributed by atoms with van der Waals surface area (Å²) in [6, 6.07) is 7.94. The van der Waals surface area contributed by atoms with Crippen molar-refractivity contribution >= 4 is 43.2 Å². The molecule has 1 nitrogen and oxygen atoms in total. The van der Waals surface area contributed by atoms with Gasteiger partial charge in [-0.25, -0.2) is 0 Å². The molecule has 0 saturated carbocycles. The van der Waals surface area contributed by atoms with Crippen molar-refractivity contribution in [2.75, 3.05) is 0 Å². The Balaban J connectivity index is 2.43. The topological polar surface area (TPSA) is 20.2 Å². The number of thiophene rings is 1. The van der Waals surface area contributed by atoms with Gasteiger partial charge in [-0.2, -0.15) is 0 Å². The summed E-state index contributed by atoms with van der Waals surface area (Å²) in [5, 5.41) is 10.4. The van der Waals surface area contributed by atoms with Crippen LogP contribution >= 0.6 is 43.2 Å². The predicted molar refractivity (Wildman–Crippen MR) is 79.7 cm³/mol. The quantitative estimate of drug-likeness (QED) is 0.785. The first kappa shape index (κ1) is 13.3. The van der Waals surface area contributed by atoms with E-state index in [4.69, 9.17) is 0 Å². The molecule has 0 bridgehead atoms. The monoisotopic (exact) mass is 374 g/mol. The highest BCUT2D eigenvalue weighted by Gasteiger charge is 2.17. The lowest BCUT2D eigenvalue weighted by molar-refractivity contribution is 0.222. The molecule has 0 spiro atoms. The zero-order valence-corrected chi connectivity index (χ0v) is 13.5. The van der Waals surface area contributed by atoms with Crippen LogP contribution in [0.4, 0.5) is 0 Å². The summed E-state index contributed by atoms with van der Waals surface area (Å²) in [4.78, 5) is 2.25. The molecule has 1 N–H and O–H groups in total. The molecule has 90 valence electrons. The van der Waals surface area contributed by atoms with Crippen molar-refractivity contribution in [2.45, 2.75) is 20.0 Å². The van der Waals surface area contributed by atoms with E-state index in [0.29, 0.717) is 0 Å². The van der Waals surface area contributed by atoms with Gasteiger partial charge in [-0.3, -0.25) is 0 Å². The molecule has 17 heavy (non-hydrogen) atoms. The number of hydrogen-bond acceptors (Lipinski definition) is 2. The summed E-state index contributed by atoms with van der Waals surface area (Å²) in [6.45, 7) is 4.10. The molecule has 0 aliphatic carbocycles. The molecule has 1 aromatic carbocycles. The minimum atomic E-state index is -0.559. The van der Waals surface area contributed by atoms with Crippen molar-refractivity contribution in [1.29, 1.82) is 0 Å². The molecule has 0 saturated heterocycles. The fourth-order valence-corrected chi connectivity index (χ4v) is 4.10. The first-order valence-corrected chi connectivity index (χ1v) is 7.59. The maximum Gasteiger partial charge on any atom is 0.115 e. The number of hydrogen-bond donors (Lipinski definition) is 1. The van der Waals surface area contributed by atoms with Crippen LogP contribution in [-0.2, 0) is 0 Å². The highest BCUT2D eigenvalue weighted by Crippen LogP contribution is 2.35. The summed E-state index contributed by atoms with van der Waals surface area (Å²) in [5.41, 5.74) is 2.05. The molecule has 1 atom stereocenters. The Kier molecular flexibility index (Phi) is 4.08. The smallest absolute Gasteiger partial charge is 0.115 e. The lowest BCUT2D eigenvalue weighted by atomic mass is 10.1. The predicted octanol–water partition coefficient (Wildman–Crippen LogP) is 4.97. The lowest BCUT2D eigenvalue weighted by Gasteiger charge is -2.12. The molecule has 1 aromatic heterocycles. The van der Waals surface area contributed by atoms with Crippen LogP contribution in [0.15, 0.2) is 33.2 Å². The summed E-state index contributed by atoms with van der Waals surface area (Å²) >= 11 is 8.55. The van der Waals surface area contributed by atoms with E-state index in [1.54, 1.807) is 11.3 Å². The average molecular weight is 376 g/mol. The fraction of sp³-hybridized carbons (Fsp3) is 0.231. The zero-order chi connectivity index (χ0) is 12.6. The number of aliphatic hydroxyl groups is 1. The van der Waals surface area contributed by atoms with Gasteiger partial charge in [-0.15, -0.1) is 11.3 Å². The first-order valence-electron chi connectivity index (χ1n) is 5.19. The SMILES string of the molecule is Cc1cc(C)c(C(O)c2ccc(Br)cc2Br)s1. The van der Waals surface area contributed by atoms with Crippen LogP contribution in [0.1, 0.15) is 27.0 Å². The highest BCUT2D eigenvalue weighted by atomic mass is 79.9. The van der Waals surface area contributed by atoms with E-state index in [1.165, 1.54) is 4.88 Å². The molecule has 0 fully saturated rings. The van der Waals surface area contributed by atoms with Crippen LogP contribution in [-0.4, -0.2) is 5.11 Å². The highest BCUT2D eigenvalue weighted by molar-refractivity contribution is 9.11. The summed E-state index contributed by atoms with van der Waals surface area (Å²) < 4.78 is 1.92. The van der Waals surface area contributed by atoms with Crippen LogP contribution in [0.5, 0.6) is 0 Å². The third kappa shape index (κ3) is 2.81. The van der Waals surface area contributed by atoms with E-state index in [9.17, 15) is 5.11 Å². The number of aliphatic hydroxyl groups excluding tert-OH is 1. The van der Waals surface area contributed by atoms with Gasteiger partial charge in [-0.05, 0) is 37.6 Å². The van der Waals surface area contributed by atoms with Crippen LogP contribution in [0.2, 0.25) is 0 Å². The van der Waals surface area contributed by atoms with Crippen molar-refractivity contribution < 1.29 is 5.11 Å². The fourth-order valence-electron chi connectivity index (χ4n) is 1.80. The summed E-state index contributed by atoms with van der Waals surface area (Å²) in [5.74, 6) is 0. The molecular formula is C13H12Br2OS. The van der Waals surface area contributed by atoms with Gasteiger partial charge in [0.25, 0.3) is 0 Å². The third-order valence-electron chi connectivity index (χ3n) is 2.58. The van der Waals surface area contributed by atoms with Gasteiger partial charge in [0.15, 0.2) is 0 Å². The van der Waals surface area contributed by atoms with Gasteiger partial charge in [0.05, 0.1) is 0 Å². The first-order chi connectivity index (χ1) is 7.99. The summed E-state index contributed by atoms with van der Waals surface area (Å²) in [6.07, 6.45) is -0.559. The Bertz CT molecular complexity index is 548. The molecule has 0 aliphatic rings. The normalized spacial score (nSPS) is 12.8. The van der Waals surface area contributed by atoms with Gasteiger partial charge in [-0.1, -0.05) is 37.9 Å². The lowest BCUT2D eigenvalue weighted by Crippen LogP contribution is -1.99. The van der Waals surface area contributed by atoms with E-state index < -0.39 is 6.10 Å². The second-order valence-corrected chi connectivity index (χ2v) is 7.03. The number of halogens is 2. The van der Waals surface area contributed by atoms with Crippen LogP contribution in [0, 0.1) is 13.8 Å². The van der Waals surface area contributed by atoms with Crippen LogP contribution in [0.25, 0.3) is 0 Å². The van der Waals surface area contributed by atoms with Crippen molar-refractivity contribution in [2.24, 2.45) is 0 Å². The van der Waals surface area contributed by atoms with Crippen molar-refractivity contribution in [3.05, 3.63) is 54.1 Å². The van der Waals surface area contributed by atoms with Gasteiger partial charge < -0.3 is 5.11 Å². The Morgan fingerprint density at radius 3 is 2.41 bits per heavy atom. The van der Waals surface area contributed by atoms with E-state index in [2.05, 4.69) is 44.8 Å². The average Bonchev–Trinajstić information content (AvgIpc) is 2.57. The number of aryl methyl sites for hydroxylation is 2. The van der Waals surface area contributed by atoms with Gasteiger partial charge >= 0.3 is 0 Å². The third-order valence-corrected chi connectivity index (χ3v) is 4.97. The van der Waals surface area contributed by atoms with Crippen LogP contribution < -0.4 is 0 Å². The molecule has 2 aromatic rings. The Morgan fingerprint density at radius 2 is 1.88 bits per heavy atom. The van der Waals surface area contributed by atoms with E-state index >= 15 is 0 Å². The molecule has 1 heterocycles. The molecule has 2 rings (SSSR count). The van der Waals surface area contributed by atoms with Crippen LogP contribution in [0.3, 0.4) is 0 Å². The standard InChI is InChI=1S/C13H12Br2OS/c1-7-5-8(2)17-13(7)12(16)10-4-3-9(14)6-11(10)15/h3-6,12,16H,1-2H3. The minimum absolute atomic E-state index is 0.559. The number of rotatable bonds is 2. The minimum Gasteiger partial charge on any atom is -0.383 e. The molecule has 0 radical (unpaired) electrons. The van der Waals surface area contributed by atoms with E-state index in [0.717, 1.165) is 24.9 Å². The molecule has 4 heteroatoms. The maximum absolute atomic E-state index is 10.4. The summed E-state index contributed by atoms with van der Waals surface area (Å²) in [7, 11) is 0. The molecule has 0 aliphatic heterocycles. The van der Waals surface area contributed by atoms with Gasteiger partial charge in [0, 0.05) is 24.3 Å². The Morgan fingerprint density at radius 1 is 1.18 bits per heavy atom. The second kappa shape index (κ2) is 5.22. The largest absolute Gasteiger partial charge is 0.383 e. The van der Waals surface area contributed by atoms with E-state index in [1.807, 2.05) is 25.1 Å². The molecule has 0 amide bonds. The molecular weight excluding hydrogens is 364 g/mol. The zero-order valence-electron chi connectivity index (χ0n) is 9.50. The Labute approximate surface area is 122 Å². The maximum atomic E-state index is 10.4. The van der Waals surface area contributed by atoms with E-state index in [-0.39, 0.29) is 0 Å². The number of benzene rings is 1. The Hall–Kier alpha value is -0.160. The van der Waals surface area contributed by atoms with Gasteiger partial charge in [0.2, 0.25) is 0 Å². The van der Waals surface area contributed by atoms with Crippen molar-refractivity contribution in [1.82, 2.24) is 0 Å². The molecule has 1 unspecified atom stereocenters. The van der Waals surface area contributed by atoms with Crippen molar-refractivity contribution in [3.63, 3.8) is 0 Å². The second-order valence-electron chi connectivity index (χ2n) is 3.97. The van der Waals surface area contributed by atoms with Crippen molar-refractivity contribution in [3.8, 4) is 0 Å². The van der Waals surface area contributed by atoms with Gasteiger partial charge in [0.1, 0.15) is 6.10 Å².